The largest absolute Gasteiger partial charge is 0.398 e. The number of carbonyl (C=O) groups is 1. The van der Waals surface area contributed by atoms with Crippen LogP contribution in [0.1, 0.15) is 24.8 Å². The molecule has 0 spiro atoms. The number of thioether (sulfide) groups is 1. The second-order valence-corrected chi connectivity index (χ2v) is 5.68. The third-order valence-corrected chi connectivity index (χ3v) is 4.28. The predicted molar refractivity (Wildman–Crippen MR) is 72.1 cm³/mol. The highest BCUT2D eigenvalue weighted by Gasteiger charge is 2.22. The number of nitrogens with one attached hydrogen (secondary N) is 1. The molecule has 3 nitrogen and oxygen atoms in total. The van der Waals surface area contributed by atoms with Crippen molar-refractivity contribution in [2.75, 3.05) is 12.3 Å². The Labute approximate surface area is 106 Å². The Morgan fingerprint density at radius 1 is 1.41 bits per heavy atom. The van der Waals surface area contributed by atoms with Gasteiger partial charge in [0.25, 0.3) is 0 Å². The van der Waals surface area contributed by atoms with E-state index in [9.17, 15) is 4.79 Å². The van der Waals surface area contributed by atoms with E-state index in [1.165, 1.54) is 0 Å². The van der Waals surface area contributed by atoms with Crippen molar-refractivity contribution in [1.82, 2.24) is 5.32 Å². The summed E-state index contributed by atoms with van der Waals surface area (Å²) in [6.45, 7) is 2.82. The highest BCUT2D eigenvalue weighted by Crippen LogP contribution is 2.32. The van der Waals surface area contributed by atoms with E-state index >= 15 is 0 Å². The summed E-state index contributed by atoms with van der Waals surface area (Å²) in [5, 5.41) is 2.95. The summed E-state index contributed by atoms with van der Waals surface area (Å²) in [6, 6.07) is 6.00. The van der Waals surface area contributed by atoms with Gasteiger partial charge in [-0.1, -0.05) is 12.5 Å². The van der Waals surface area contributed by atoms with Crippen LogP contribution < -0.4 is 11.1 Å². The molecule has 1 aliphatic rings. The van der Waals surface area contributed by atoms with Gasteiger partial charge in [0.05, 0.1) is 5.25 Å². The second kappa shape index (κ2) is 5.45. The van der Waals surface area contributed by atoms with Crippen LogP contribution in [0.15, 0.2) is 23.1 Å². The van der Waals surface area contributed by atoms with Crippen molar-refractivity contribution in [3.8, 4) is 0 Å². The Balaban J connectivity index is 2.10. The minimum Gasteiger partial charge on any atom is -0.398 e. The molecule has 3 N–H and O–H groups in total. The Hall–Kier alpha value is -1.16. The summed E-state index contributed by atoms with van der Waals surface area (Å²) in [7, 11) is 0. The molecule has 1 unspecified atom stereocenters. The monoisotopic (exact) mass is 250 g/mol. The number of nitrogen functional groups attached to an aromatic ring is 1. The van der Waals surface area contributed by atoms with Crippen LogP contribution in [0.25, 0.3) is 0 Å². The van der Waals surface area contributed by atoms with E-state index in [4.69, 9.17) is 5.73 Å². The number of aryl methyl sites for hydroxylation is 1. The number of anilines is 1. The van der Waals surface area contributed by atoms with Gasteiger partial charge in [-0.2, -0.15) is 0 Å². The van der Waals surface area contributed by atoms with E-state index in [1.807, 2.05) is 25.1 Å². The molecular weight excluding hydrogens is 232 g/mol. The van der Waals surface area contributed by atoms with Gasteiger partial charge in [-0.15, -0.1) is 11.8 Å². The summed E-state index contributed by atoms with van der Waals surface area (Å²) in [5.41, 5.74) is 7.89. The Kier molecular flexibility index (Phi) is 3.94. The summed E-state index contributed by atoms with van der Waals surface area (Å²) < 4.78 is 0. The van der Waals surface area contributed by atoms with Crippen LogP contribution in [0.3, 0.4) is 0 Å². The van der Waals surface area contributed by atoms with Crippen LogP contribution in [-0.4, -0.2) is 17.7 Å². The fourth-order valence-electron chi connectivity index (χ4n) is 1.95. The average Bonchev–Trinajstić information content (AvgIpc) is 2.48. The lowest BCUT2D eigenvalue weighted by Gasteiger charge is -2.14. The van der Waals surface area contributed by atoms with Crippen LogP contribution >= 0.6 is 11.8 Å². The van der Waals surface area contributed by atoms with Crippen LogP contribution in [0.4, 0.5) is 5.69 Å². The normalized spacial score (nSPS) is 20.8. The van der Waals surface area contributed by atoms with Gasteiger partial charge in [-0.05, 0) is 37.5 Å². The number of nitrogens with two attached hydrogens (primary N) is 1. The topological polar surface area (TPSA) is 55.1 Å². The maximum atomic E-state index is 11.8. The maximum absolute atomic E-state index is 11.8. The number of rotatable bonds is 2. The molecular formula is C13H18N2OS. The van der Waals surface area contributed by atoms with Crippen LogP contribution in [0.5, 0.6) is 0 Å². The Morgan fingerprint density at radius 3 is 3.00 bits per heavy atom. The molecule has 0 aromatic heterocycles. The SMILES string of the molecule is Cc1ccc(SC2CCCCNC2=O)c(N)c1. The van der Waals surface area contributed by atoms with E-state index in [0.717, 1.165) is 42.0 Å². The van der Waals surface area contributed by atoms with Gasteiger partial charge in [0.1, 0.15) is 0 Å². The van der Waals surface area contributed by atoms with Gasteiger partial charge in [-0.3, -0.25) is 4.79 Å². The van der Waals surface area contributed by atoms with Crippen molar-refractivity contribution in [3.05, 3.63) is 23.8 Å². The van der Waals surface area contributed by atoms with E-state index in [-0.39, 0.29) is 11.2 Å². The standard InChI is InChI=1S/C13H18N2OS/c1-9-5-6-11(10(14)8-9)17-12-4-2-3-7-15-13(12)16/h5-6,8,12H,2-4,7,14H2,1H3,(H,15,16). The molecule has 1 aromatic rings. The summed E-state index contributed by atoms with van der Waals surface area (Å²) in [6.07, 6.45) is 3.11. The maximum Gasteiger partial charge on any atom is 0.233 e. The van der Waals surface area contributed by atoms with Crippen molar-refractivity contribution >= 4 is 23.4 Å². The minimum absolute atomic E-state index is 0.00232. The quantitative estimate of drug-likeness (QED) is 0.792. The predicted octanol–water partition coefficient (Wildman–Crippen LogP) is 2.34. The van der Waals surface area contributed by atoms with Crippen molar-refractivity contribution in [2.45, 2.75) is 36.3 Å². The van der Waals surface area contributed by atoms with Gasteiger partial charge in [0, 0.05) is 17.1 Å². The first kappa shape index (κ1) is 12.3. The van der Waals surface area contributed by atoms with Crippen LogP contribution in [0.2, 0.25) is 0 Å². The summed E-state index contributed by atoms with van der Waals surface area (Å²) in [4.78, 5) is 12.8. The number of carbonyl (C=O) groups excluding carboxylic acids is 1. The first-order chi connectivity index (χ1) is 8.16. The Bertz CT molecular complexity index is 420. The van der Waals surface area contributed by atoms with E-state index in [0.29, 0.717) is 0 Å². The molecule has 0 aliphatic carbocycles. The lowest BCUT2D eigenvalue weighted by molar-refractivity contribution is -0.120. The van der Waals surface area contributed by atoms with Crippen molar-refractivity contribution in [2.24, 2.45) is 0 Å². The highest BCUT2D eigenvalue weighted by atomic mass is 32.2. The third kappa shape index (κ3) is 3.16. The average molecular weight is 250 g/mol. The minimum atomic E-state index is 0.00232. The molecule has 0 radical (unpaired) electrons. The molecule has 1 atom stereocenters. The van der Waals surface area contributed by atoms with Crippen molar-refractivity contribution < 1.29 is 4.79 Å². The van der Waals surface area contributed by atoms with Crippen LogP contribution in [-0.2, 0) is 4.79 Å². The zero-order chi connectivity index (χ0) is 12.3. The molecule has 1 fully saturated rings. The van der Waals surface area contributed by atoms with E-state index in [2.05, 4.69) is 5.32 Å². The number of hydrogen-bond acceptors (Lipinski definition) is 3. The van der Waals surface area contributed by atoms with Gasteiger partial charge in [0.2, 0.25) is 5.91 Å². The second-order valence-electron chi connectivity index (χ2n) is 4.43. The van der Waals surface area contributed by atoms with E-state index in [1.54, 1.807) is 11.8 Å². The number of benzene rings is 1. The summed E-state index contributed by atoms with van der Waals surface area (Å²) in [5.74, 6) is 0.146. The van der Waals surface area contributed by atoms with Gasteiger partial charge >= 0.3 is 0 Å². The van der Waals surface area contributed by atoms with Crippen molar-refractivity contribution in [1.29, 1.82) is 0 Å². The van der Waals surface area contributed by atoms with Gasteiger partial charge in [0.15, 0.2) is 0 Å². The Morgan fingerprint density at radius 2 is 2.24 bits per heavy atom. The highest BCUT2D eigenvalue weighted by molar-refractivity contribution is 8.00. The van der Waals surface area contributed by atoms with Crippen molar-refractivity contribution in [3.63, 3.8) is 0 Å². The molecule has 4 heteroatoms. The van der Waals surface area contributed by atoms with Crippen LogP contribution in [0, 0.1) is 6.92 Å². The molecule has 0 saturated carbocycles. The first-order valence-corrected chi connectivity index (χ1v) is 6.85. The van der Waals surface area contributed by atoms with Gasteiger partial charge in [-0.25, -0.2) is 0 Å². The molecule has 2 rings (SSSR count). The first-order valence-electron chi connectivity index (χ1n) is 5.97. The summed E-state index contributed by atoms with van der Waals surface area (Å²) >= 11 is 1.58. The lowest BCUT2D eigenvalue weighted by atomic mass is 10.2. The molecule has 17 heavy (non-hydrogen) atoms. The van der Waals surface area contributed by atoms with E-state index < -0.39 is 0 Å². The van der Waals surface area contributed by atoms with Gasteiger partial charge < -0.3 is 11.1 Å². The zero-order valence-electron chi connectivity index (χ0n) is 10.0. The number of hydrogen-bond donors (Lipinski definition) is 2. The molecule has 1 amide bonds. The molecule has 1 saturated heterocycles. The smallest absolute Gasteiger partial charge is 0.233 e. The fraction of sp³-hybridized carbons (Fsp3) is 0.462. The molecule has 1 heterocycles. The molecule has 0 bridgehead atoms. The number of amides is 1. The lowest BCUT2D eigenvalue weighted by Crippen LogP contribution is -2.30. The fourth-order valence-corrected chi connectivity index (χ4v) is 3.08. The zero-order valence-corrected chi connectivity index (χ0v) is 10.8. The molecule has 92 valence electrons. The molecule has 1 aliphatic heterocycles. The molecule has 1 aromatic carbocycles. The third-order valence-electron chi connectivity index (χ3n) is 2.92.